The number of hydrogen-bond acceptors (Lipinski definition) is 1. The van der Waals surface area contributed by atoms with Crippen molar-refractivity contribution >= 4 is 27.5 Å². The van der Waals surface area contributed by atoms with Gasteiger partial charge in [-0.1, -0.05) is 45.7 Å². The van der Waals surface area contributed by atoms with E-state index in [1.54, 1.807) is 24.4 Å². The van der Waals surface area contributed by atoms with Crippen LogP contribution in [0.3, 0.4) is 0 Å². The minimum Gasteiger partial charge on any atom is -0.261 e. The first-order chi connectivity index (χ1) is 8.18. The van der Waals surface area contributed by atoms with Crippen LogP contribution in [-0.4, -0.2) is 4.98 Å². The molecule has 2 aromatic rings. The fourth-order valence-electron chi connectivity index (χ4n) is 1.57. The van der Waals surface area contributed by atoms with Crippen LogP contribution in [-0.2, 0) is 6.42 Å². The second kappa shape index (κ2) is 5.61. The van der Waals surface area contributed by atoms with Gasteiger partial charge in [0.25, 0.3) is 0 Å². The maximum Gasteiger partial charge on any atom is 0.146 e. The standard InChI is InChI=1S/C13H10BrClFN/c14-11(8-9-4-1-2-7-17-9)10-5-3-6-12(15)13(10)16/h1-7,11H,8H2. The summed E-state index contributed by atoms with van der Waals surface area (Å²) in [5.74, 6) is -0.369. The third kappa shape index (κ3) is 3.05. The van der Waals surface area contributed by atoms with Gasteiger partial charge < -0.3 is 0 Å². The number of alkyl halides is 1. The van der Waals surface area contributed by atoms with Crippen molar-refractivity contribution in [2.45, 2.75) is 11.2 Å². The molecule has 0 aliphatic carbocycles. The molecule has 1 atom stereocenters. The summed E-state index contributed by atoms with van der Waals surface area (Å²) in [6.45, 7) is 0. The predicted molar refractivity (Wildman–Crippen MR) is 71.0 cm³/mol. The molecule has 0 amide bonds. The SMILES string of the molecule is Fc1c(Cl)cccc1C(Br)Cc1ccccn1. The maximum atomic E-state index is 13.8. The molecule has 1 heterocycles. The Morgan fingerprint density at radius 2 is 2.06 bits per heavy atom. The van der Waals surface area contributed by atoms with Crippen molar-refractivity contribution in [2.24, 2.45) is 0 Å². The second-order valence-electron chi connectivity index (χ2n) is 3.64. The lowest BCUT2D eigenvalue weighted by Crippen LogP contribution is -2.00. The van der Waals surface area contributed by atoms with Gasteiger partial charge in [0.1, 0.15) is 5.82 Å². The zero-order valence-electron chi connectivity index (χ0n) is 8.91. The second-order valence-corrected chi connectivity index (χ2v) is 5.15. The fraction of sp³-hybridized carbons (Fsp3) is 0.154. The maximum absolute atomic E-state index is 13.8. The Morgan fingerprint density at radius 3 is 2.76 bits per heavy atom. The van der Waals surface area contributed by atoms with Crippen LogP contribution in [0.5, 0.6) is 0 Å². The van der Waals surface area contributed by atoms with Gasteiger partial charge in [0.15, 0.2) is 0 Å². The Kier molecular flexibility index (Phi) is 4.13. The van der Waals surface area contributed by atoms with Crippen LogP contribution in [0.2, 0.25) is 5.02 Å². The molecule has 0 spiro atoms. The number of pyridine rings is 1. The first-order valence-electron chi connectivity index (χ1n) is 5.16. The van der Waals surface area contributed by atoms with Crippen LogP contribution in [0.1, 0.15) is 16.1 Å². The van der Waals surface area contributed by atoms with Gasteiger partial charge in [-0.05, 0) is 18.2 Å². The Balaban J connectivity index is 2.20. The largest absolute Gasteiger partial charge is 0.261 e. The van der Waals surface area contributed by atoms with Crippen molar-refractivity contribution in [1.82, 2.24) is 4.98 Å². The van der Waals surface area contributed by atoms with Gasteiger partial charge in [0.2, 0.25) is 0 Å². The molecule has 0 saturated carbocycles. The molecular formula is C13H10BrClFN. The van der Waals surface area contributed by atoms with Gasteiger partial charge >= 0.3 is 0 Å². The van der Waals surface area contributed by atoms with E-state index >= 15 is 0 Å². The third-order valence-electron chi connectivity index (χ3n) is 2.43. The van der Waals surface area contributed by atoms with E-state index in [4.69, 9.17) is 11.6 Å². The van der Waals surface area contributed by atoms with Crippen molar-refractivity contribution in [3.05, 3.63) is 64.7 Å². The van der Waals surface area contributed by atoms with Crippen molar-refractivity contribution in [2.75, 3.05) is 0 Å². The van der Waals surface area contributed by atoms with Gasteiger partial charge in [-0.15, -0.1) is 0 Å². The lowest BCUT2D eigenvalue weighted by Gasteiger charge is -2.11. The van der Waals surface area contributed by atoms with E-state index in [0.29, 0.717) is 12.0 Å². The Morgan fingerprint density at radius 1 is 1.24 bits per heavy atom. The van der Waals surface area contributed by atoms with E-state index in [1.165, 1.54) is 0 Å². The van der Waals surface area contributed by atoms with Crippen LogP contribution in [0.15, 0.2) is 42.6 Å². The summed E-state index contributed by atoms with van der Waals surface area (Å²) in [4.78, 5) is 4.08. The van der Waals surface area contributed by atoms with Crippen molar-refractivity contribution in [3.63, 3.8) is 0 Å². The normalized spacial score (nSPS) is 12.4. The highest BCUT2D eigenvalue weighted by Gasteiger charge is 2.15. The number of benzene rings is 1. The lowest BCUT2D eigenvalue weighted by atomic mass is 10.1. The molecule has 17 heavy (non-hydrogen) atoms. The van der Waals surface area contributed by atoms with Gasteiger partial charge in [-0.25, -0.2) is 4.39 Å². The molecule has 0 fully saturated rings. The van der Waals surface area contributed by atoms with Crippen LogP contribution >= 0.6 is 27.5 Å². The molecule has 1 unspecified atom stereocenters. The number of rotatable bonds is 3. The van der Waals surface area contributed by atoms with Crippen molar-refractivity contribution < 1.29 is 4.39 Å². The first kappa shape index (κ1) is 12.5. The Hall–Kier alpha value is -0.930. The minimum absolute atomic E-state index is 0.129. The highest BCUT2D eigenvalue weighted by Crippen LogP contribution is 2.31. The summed E-state index contributed by atoms with van der Waals surface area (Å²) in [6.07, 6.45) is 2.35. The van der Waals surface area contributed by atoms with E-state index in [0.717, 1.165) is 5.69 Å². The summed E-state index contributed by atoms with van der Waals surface area (Å²) in [6, 6.07) is 10.7. The van der Waals surface area contributed by atoms with Gasteiger partial charge in [0, 0.05) is 28.7 Å². The van der Waals surface area contributed by atoms with E-state index in [-0.39, 0.29) is 15.7 Å². The van der Waals surface area contributed by atoms with Gasteiger partial charge in [-0.2, -0.15) is 0 Å². The monoisotopic (exact) mass is 313 g/mol. The fourth-order valence-corrected chi connectivity index (χ4v) is 2.44. The van der Waals surface area contributed by atoms with E-state index in [2.05, 4.69) is 20.9 Å². The third-order valence-corrected chi connectivity index (χ3v) is 3.54. The number of hydrogen-bond donors (Lipinski definition) is 0. The molecule has 88 valence electrons. The number of halogens is 3. The smallest absolute Gasteiger partial charge is 0.146 e. The van der Waals surface area contributed by atoms with Crippen LogP contribution in [0.4, 0.5) is 4.39 Å². The quantitative estimate of drug-likeness (QED) is 0.757. The Labute approximate surface area is 113 Å². The summed E-state index contributed by atoms with van der Waals surface area (Å²) in [5.41, 5.74) is 1.47. The highest BCUT2D eigenvalue weighted by atomic mass is 79.9. The number of aromatic nitrogens is 1. The minimum atomic E-state index is -0.369. The number of nitrogens with zero attached hydrogens (tertiary/aromatic N) is 1. The van der Waals surface area contributed by atoms with Crippen molar-refractivity contribution in [3.8, 4) is 0 Å². The summed E-state index contributed by atoms with van der Waals surface area (Å²) >= 11 is 9.22. The molecule has 0 saturated heterocycles. The van der Waals surface area contributed by atoms with Crippen LogP contribution in [0, 0.1) is 5.82 Å². The molecule has 0 bridgehead atoms. The molecule has 4 heteroatoms. The molecule has 0 aliphatic rings. The molecule has 2 rings (SSSR count). The van der Waals surface area contributed by atoms with Crippen molar-refractivity contribution in [1.29, 1.82) is 0 Å². The average molecular weight is 315 g/mol. The molecule has 0 aliphatic heterocycles. The lowest BCUT2D eigenvalue weighted by molar-refractivity contribution is 0.608. The highest BCUT2D eigenvalue weighted by molar-refractivity contribution is 9.09. The summed E-state index contributed by atoms with van der Waals surface area (Å²) in [7, 11) is 0. The predicted octanol–water partition coefficient (Wildman–Crippen LogP) is 4.55. The molecule has 1 nitrogen and oxygen atoms in total. The zero-order valence-corrected chi connectivity index (χ0v) is 11.2. The van der Waals surface area contributed by atoms with E-state index < -0.39 is 0 Å². The molecule has 0 radical (unpaired) electrons. The first-order valence-corrected chi connectivity index (χ1v) is 6.45. The van der Waals surface area contributed by atoms with Gasteiger partial charge in [0.05, 0.1) is 5.02 Å². The van der Waals surface area contributed by atoms with Crippen LogP contribution < -0.4 is 0 Å². The summed E-state index contributed by atoms with van der Waals surface area (Å²) < 4.78 is 13.8. The zero-order chi connectivity index (χ0) is 12.3. The van der Waals surface area contributed by atoms with E-state index in [9.17, 15) is 4.39 Å². The molecule has 0 N–H and O–H groups in total. The Bertz CT molecular complexity index is 504. The summed E-state index contributed by atoms with van der Waals surface area (Å²) in [5, 5.41) is 0.146. The van der Waals surface area contributed by atoms with Gasteiger partial charge in [-0.3, -0.25) is 4.98 Å². The molecular weight excluding hydrogens is 305 g/mol. The molecule has 1 aromatic carbocycles. The topological polar surface area (TPSA) is 12.9 Å². The average Bonchev–Trinajstić information content (AvgIpc) is 2.34. The van der Waals surface area contributed by atoms with Crippen LogP contribution in [0.25, 0.3) is 0 Å². The molecule has 1 aromatic heterocycles. The van der Waals surface area contributed by atoms with E-state index in [1.807, 2.05) is 18.2 Å².